The molecule has 0 saturated heterocycles. The lowest BCUT2D eigenvalue weighted by molar-refractivity contribution is -0.114. The lowest BCUT2D eigenvalue weighted by atomic mass is 10.1. The molecule has 31 heavy (non-hydrogen) atoms. The molecule has 0 unspecified atom stereocenters. The van der Waals surface area contributed by atoms with Crippen LogP contribution in [-0.2, 0) is 4.79 Å². The standard InChI is InChI=1S/C23H19FN2O5/c1-14(27)25-16-9-12-20(24)19(13-16)23(29)31-17-10-7-15(8-11-17)26-22(28)18-5-3-4-6-21(18)30-2/h3-13H,1-2H3,(H,25,27)(H,26,28). The topological polar surface area (TPSA) is 93.7 Å². The van der Waals surface area contributed by atoms with Crippen LogP contribution in [0.4, 0.5) is 15.8 Å². The van der Waals surface area contributed by atoms with Crippen LogP contribution in [0.5, 0.6) is 11.5 Å². The fraction of sp³-hybridized carbons (Fsp3) is 0.0870. The van der Waals surface area contributed by atoms with Gasteiger partial charge in [0.1, 0.15) is 17.3 Å². The lowest BCUT2D eigenvalue weighted by Gasteiger charge is -2.10. The van der Waals surface area contributed by atoms with Crippen LogP contribution in [-0.4, -0.2) is 24.9 Å². The maximum absolute atomic E-state index is 14.0. The van der Waals surface area contributed by atoms with Gasteiger partial charge in [-0.05, 0) is 54.6 Å². The quantitative estimate of drug-likeness (QED) is 0.457. The van der Waals surface area contributed by atoms with Crippen molar-refractivity contribution in [2.75, 3.05) is 17.7 Å². The van der Waals surface area contributed by atoms with Crippen LogP contribution in [0.2, 0.25) is 0 Å². The van der Waals surface area contributed by atoms with Crippen molar-refractivity contribution in [3.05, 3.63) is 83.7 Å². The summed E-state index contributed by atoms with van der Waals surface area (Å²) in [5, 5.41) is 5.20. The predicted molar refractivity (Wildman–Crippen MR) is 113 cm³/mol. The Kier molecular flexibility index (Phi) is 6.61. The largest absolute Gasteiger partial charge is 0.496 e. The Balaban J connectivity index is 1.69. The minimum atomic E-state index is -0.921. The number of carbonyl (C=O) groups is 3. The Morgan fingerprint density at radius 3 is 2.19 bits per heavy atom. The average molecular weight is 422 g/mol. The van der Waals surface area contributed by atoms with Gasteiger partial charge in [0.25, 0.3) is 5.91 Å². The molecule has 0 spiro atoms. The summed E-state index contributed by atoms with van der Waals surface area (Å²) in [6, 6.07) is 16.4. The number of amides is 2. The molecule has 0 radical (unpaired) electrons. The van der Waals surface area contributed by atoms with E-state index in [1.807, 2.05) is 0 Å². The molecule has 0 bridgehead atoms. The highest BCUT2D eigenvalue weighted by Gasteiger charge is 2.16. The van der Waals surface area contributed by atoms with Crippen LogP contribution >= 0.6 is 0 Å². The van der Waals surface area contributed by atoms with Crippen molar-refractivity contribution in [1.29, 1.82) is 0 Å². The molecule has 0 aromatic heterocycles. The molecule has 2 amide bonds. The van der Waals surface area contributed by atoms with E-state index >= 15 is 0 Å². The number of ether oxygens (including phenoxy) is 2. The van der Waals surface area contributed by atoms with Crippen molar-refractivity contribution in [3.63, 3.8) is 0 Å². The molecule has 0 heterocycles. The molecule has 8 heteroatoms. The highest BCUT2D eigenvalue weighted by molar-refractivity contribution is 6.06. The number of rotatable bonds is 6. The Bertz CT molecular complexity index is 1130. The molecule has 0 fully saturated rings. The summed E-state index contributed by atoms with van der Waals surface area (Å²) in [7, 11) is 1.48. The van der Waals surface area contributed by atoms with Crippen LogP contribution in [0, 0.1) is 5.82 Å². The second-order valence-electron chi connectivity index (χ2n) is 6.44. The van der Waals surface area contributed by atoms with Gasteiger partial charge in [0.2, 0.25) is 5.91 Å². The van der Waals surface area contributed by atoms with Crippen LogP contribution in [0.1, 0.15) is 27.6 Å². The summed E-state index contributed by atoms with van der Waals surface area (Å²) >= 11 is 0. The number of nitrogens with one attached hydrogen (secondary N) is 2. The zero-order valence-electron chi connectivity index (χ0n) is 16.8. The van der Waals surface area contributed by atoms with Crippen molar-refractivity contribution >= 4 is 29.2 Å². The first-order valence-corrected chi connectivity index (χ1v) is 9.21. The molecule has 0 saturated carbocycles. The number of hydrogen-bond acceptors (Lipinski definition) is 5. The van der Waals surface area contributed by atoms with Gasteiger partial charge in [0.15, 0.2) is 0 Å². The number of halogens is 1. The van der Waals surface area contributed by atoms with E-state index in [1.54, 1.807) is 36.4 Å². The second kappa shape index (κ2) is 9.53. The molecule has 0 aliphatic heterocycles. The third-order valence-electron chi connectivity index (χ3n) is 4.18. The van der Waals surface area contributed by atoms with Crippen LogP contribution in [0.3, 0.4) is 0 Å². The van der Waals surface area contributed by atoms with Gasteiger partial charge in [-0.2, -0.15) is 0 Å². The fourth-order valence-electron chi connectivity index (χ4n) is 2.76. The van der Waals surface area contributed by atoms with E-state index in [4.69, 9.17) is 9.47 Å². The third-order valence-corrected chi connectivity index (χ3v) is 4.18. The molecule has 3 aromatic carbocycles. The summed E-state index contributed by atoms with van der Waals surface area (Å²) in [6.07, 6.45) is 0. The summed E-state index contributed by atoms with van der Waals surface area (Å²) < 4.78 is 24.4. The Hall–Kier alpha value is -4.20. The summed E-state index contributed by atoms with van der Waals surface area (Å²) in [6.45, 7) is 1.30. The Morgan fingerprint density at radius 2 is 1.52 bits per heavy atom. The summed E-state index contributed by atoms with van der Waals surface area (Å²) in [4.78, 5) is 35.9. The number of benzene rings is 3. The average Bonchev–Trinajstić information content (AvgIpc) is 2.76. The fourth-order valence-corrected chi connectivity index (χ4v) is 2.76. The molecule has 2 N–H and O–H groups in total. The molecule has 0 aliphatic carbocycles. The maximum atomic E-state index is 14.0. The first-order chi connectivity index (χ1) is 14.9. The van der Waals surface area contributed by atoms with Gasteiger partial charge in [0.05, 0.1) is 18.2 Å². The van der Waals surface area contributed by atoms with E-state index in [1.165, 1.54) is 38.3 Å². The normalized spacial score (nSPS) is 10.2. The zero-order chi connectivity index (χ0) is 22.4. The van der Waals surface area contributed by atoms with Gasteiger partial charge < -0.3 is 20.1 Å². The predicted octanol–water partition coefficient (Wildman–Crippen LogP) is 4.26. The molecule has 0 aliphatic rings. The van der Waals surface area contributed by atoms with E-state index in [0.29, 0.717) is 17.0 Å². The molecule has 158 valence electrons. The van der Waals surface area contributed by atoms with Gasteiger partial charge in [-0.25, -0.2) is 9.18 Å². The monoisotopic (exact) mass is 422 g/mol. The van der Waals surface area contributed by atoms with E-state index in [-0.39, 0.29) is 28.8 Å². The minimum absolute atomic E-state index is 0.157. The minimum Gasteiger partial charge on any atom is -0.496 e. The first-order valence-electron chi connectivity index (χ1n) is 9.21. The number of para-hydroxylation sites is 1. The van der Waals surface area contributed by atoms with E-state index in [9.17, 15) is 18.8 Å². The second-order valence-corrected chi connectivity index (χ2v) is 6.44. The Morgan fingerprint density at radius 1 is 0.839 bits per heavy atom. The highest BCUT2D eigenvalue weighted by Crippen LogP contribution is 2.22. The highest BCUT2D eigenvalue weighted by atomic mass is 19.1. The van der Waals surface area contributed by atoms with Crippen molar-refractivity contribution in [2.24, 2.45) is 0 Å². The van der Waals surface area contributed by atoms with Crippen LogP contribution < -0.4 is 20.1 Å². The number of hydrogen-bond donors (Lipinski definition) is 2. The number of esters is 1. The van der Waals surface area contributed by atoms with Crippen LogP contribution in [0.15, 0.2) is 66.7 Å². The van der Waals surface area contributed by atoms with E-state index < -0.39 is 11.8 Å². The molecule has 3 aromatic rings. The molecule has 7 nitrogen and oxygen atoms in total. The van der Waals surface area contributed by atoms with E-state index in [0.717, 1.165) is 6.07 Å². The smallest absolute Gasteiger partial charge is 0.346 e. The SMILES string of the molecule is COc1ccccc1C(=O)Nc1ccc(OC(=O)c2cc(NC(C)=O)ccc2F)cc1. The zero-order valence-corrected chi connectivity index (χ0v) is 16.8. The van der Waals surface area contributed by atoms with Gasteiger partial charge in [-0.3, -0.25) is 9.59 Å². The van der Waals surface area contributed by atoms with Crippen molar-refractivity contribution in [1.82, 2.24) is 0 Å². The molecule has 3 rings (SSSR count). The summed E-state index contributed by atoms with van der Waals surface area (Å²) in [5.74, 6) is -1.82. The van der Waals surface area contributed by atoms with Crippen molar-refractivity contribution < 1.29 is 28.2 Å². The lowest BCUT2D eigenvalue weighted by Crippen LogP contribution is -2.14. The van der Waals surface area contributed by atoms with Crippen molar-refractivity contribution in [2.45, 2.75) is 6.92 Å². The molecule has 0 atom stereocenters. The molecular formula is C23H19FN2O5. The number of carbonyl (C=O) groups excluding carboxylic acids is 3. The first kappa shape index (κ1) is 21.5. The maximum Gasteiger partial charge on any atom is 0.346 e. The van der Waals surface area contributed by atoms with Crippen LogP contribution in [0.25, 0.3) is 0 Å². The summed E-state index contributed by atoms with van der Waals surface area (Å²) in [5.41, 5.74) is 0.791. The van der Waals surface area contributed by atoms with Crippen molar-refractivity contribution in [3.8, 4) is 11.5 Å². The van der Waals surface area contributed by atoms with Gasteiger partial charge in [-0.15, -0.1) is 0 Å². The van der Waals surface area contributed by atoms with Gasteiger partial charge in [-0.1, -0.05) is 12.1 Å². The van der Waals surface area contributed by atoms with Gasteiger partial charge in [0, 0.05) is 18.3 Å². The molecular weight excluding hydrogens is 403 g/mol. The Labute approximate surface area is 177 Å². The number of methoxy groups -OCH3 is 1. The third kappa shape index (κ3) is 5.45. The van der Waals surface area contributed by atoms with E-state index in [2.05, 4.69) is 10.6 Å². The number of anilines is 2. The van der Waals surface area contributed by atoms with Gasteiger partial charge >= 0.3 is 5.97 Å².